The van der Waals surface area contributed by atoms with Gasteiger partial charge in [0.1, 0.15) is 6.04 Å². The van der Waals surface area contributed by atoms with Crippen LogP contribution in [-0.4, -0.2) is 40.6 Å². The molecule has 0 aliphatic heterocycles. The van der Waals surface area contributed by atoms with E-state index >= 15 is 0 Å². The maximum absolute atomic E-state index is 12.9. The molecule has 7 nitrogen and oxygen atoms in total. The third kappa shape index (κ3) is 4.85. The number of carbonyl (C=O) groups excluding carboxylic acids is 1. The topological polar surface area (TPSA) is 92.5 Å². The zero-order valence-electron chi connectivity index (χ0n) is 16.9. The number of aryl methyl sites for hydroxylation is 1. The van der Waals surface area contributed by atoms with Crippen LogP contribution < -0.4 is 0 Å². The van der Waals surface area contributed by atoms with Crippen LogP contribution in [-0.2, 0) is 25.9 Å². The summed E-state index contributed by atoms with van der Waals surface area (Å²) in [4.78, 5) is 11.2. The molecule has 156 valence electrons. The van der Waals surface area contributed by atoms with Gasteiger partial charge in [0.15, 0.2) is 9.84 Å². The molecule has 1 N–H and O–H groups in total. The van der Waals surface area contributed by atoms with Crippen molar-refractivity contribution in [3.63, 3.8) is 0 Å². The summed E-state index contributed by atoms with van der Waals surface area (Å²) in [5.41, 5.74) is 1.51. The second kappa shape index (κ2) is 7.89. The minimum absolute atomic E-state index is 0.180. The molecule has 0 aliphatic carbocycles. The van der Waals surface area contributed by atoms with E-state index < -0.39 is 21.6 Å². The third-order valence-corrected chi connectivity index (χ3v) is 7.12. The van der Waals surface area contributed by atoms with Gasteiger partial charge < -0.3 is 0 Å². The van der Waals surface area contributed by atoms with Crippen molar-refractivity contribution < 1.29 is 18.4 Å². The van der Waals surface area contributed by atoms with E-state index in [4.69, 9.17) is 0 Å². The molecule has 3 aromatic rings. The Bertz CT molecular complexity index is 1130. The molecule has 0 saturated heterocycles. The minimum Gasteiger partial charge on any atom is -0.285 e. The van der Waals surface area contributed by atoms with Crippen molar-refractivity contribution in [2.45, 2.75) is 45.0 Å². The summed E-state index contributed by atoms with van der Waals surface area (Å²) < 4.78 is 28.6. The van der Waals surface area contributed by atoms with Crippen molar-refractivity contribution in [1.29, 1.82) is 0 Å². The van der Waals surface area contributed by atoms with Gasteiger partial charge >= 0.3 is 0 Å². The Morgan fingerprint density at radius 1 is 1.28 bits per heavy atom. The van der Waals surface area contributed by atoms with Crippen molar-refractivity contribution in [3.8, 4) is 0 Å². The highest BCUT2D eigenvalue weighted by Crippen LogP contribution is 2.26. The van der Waals surface area contributed by atoms with Gasteiger partial charge in [0, 0.05) is 10.4 Å². The van der Waals surface area contributed by atoms with E-state index in [1.54, 1.807) is 28.2 Å². The largest absolute Gasteiger partial charge is 0.285 e. The molecule has 1 atom stereocenters. The van der Waals surface area contributed by atoms with Gasteiger partial charge in [-0.3, -0.25) is 14.7 Å². The van der Waals surface area contributed by atoms with Crippen LogP contribution in [0.5, 0.6) is 0 Å². The number of amides is 1. The second-order valence-electron chi connectivity index (χ2n) is 8.14. The van der Waals surface area contributed by atoms with Crippen LogP contribution in [0.4, 0.5) is 0 Å². The standard InChI is InChI=1S/C20H25N3O4S2/c1-14-9-17(21-23(14)20(2,3)4)18(22(25)13-24)12-29(26,27)11-15-5-6-19-16(10-15)7-8-28-19/h5-10,13,18,25H,11-12H2,1-4H3. The summed E-state index contributed by atoms with van der Waals surface area (Å²) >= 11 is 1.60. The molecule has 0 saturated carbocycles. The maximum atomic E-state index is 12.9. The van der Waals surface area contributed by atoms with Gasteiger partial charge in [-0.1, -0.05) is 6.07 Å². The van der Waals surface area contributed by atoms with E-state index in [0.717, 1.165) is 15.8 Å². The second-order valence-corrected chi connectivity index (χ2v) is 11.2. The monoisotopic (exact) mass is 435 g/mol. The van der Waals surface area contributed by atoms with Crippen LogP contribution >= 0.6 is 11.3 Å². The molecule has 29 heavy (non-hydrogen) atoms. The number of hydrogen-bond donors (Lipinski definition) is 1. The maximum Gasteiger partial charge on any atom is 0.233 e. The van der Waals surface area contributed by atoms with E-state index in [1.807, 2.05) is 51.3 Å². The molecule has 0 aliphatic rings. The summed E-state index contributed by atoms with van der Waals surface area (Å²) in [6.45, 7) is 7.77. The van der Waals surface area contributed by atoms with Crippen LogP contribution in [0, 0.1) is 6.92 Å². The van der Waals surface area contributed by atoms with Crippen LogP contribution in [0.25, 0.3) is 10.1 Å². The van der Waals surface area contributed by atoms with E-state index in [1.165, 1.54) is 0 Å². The zero-order chi connectivity index (χ0) is 21.4. The molecule has 1 unspecified atom stereocenters. The van der Waals surface area contributed by atoms with Gasteiger partial charge in [0.2, 0.25) is 6.41 Å². The minimum atomic E-state index is -3.63. The number of fused-ring (bicyclic) bond motifs is 1. The van der Waals surface area contributed by atoms with Gasteiger partial charge in [-0.05, 0) is 68.3 Å². The van der Waals surface area contributed by atoms with E-state index in [-0.39, 0.29) is 17.7 Å². The van der Waals surface area contributed by atoms with Crippen molar-refractivity contribution >= 4 is 37.7 Å². The predicted molar refractivity (Wildman–Crippen MR) is 114 cm³/mol. The Morgan fingerprint density at radius 3 is 2.62 bits per heavy atom. The number of hydroxylamine groups is 2. The molecule has 3 rings (SSSR count). The van der Waals surface area contributed by atoms with Crippen molar-refractivity contribution in [1.82, 2.24) is 14.8 Å². The fraction of sp³-hybridized carbons (Fsp3) is 0.400. The molecule has 9 heteroatoms. The lowest BCUT2D eigenvalue weighted by atomic mass is 10.1. The first-order chi connectivity index (χ1) is 13.5. The molecule has 0 fully saturated rings. The number of thiophene rings is 1. The highest BCUT2D eigenvalue weighted by Gasteiger charge is 2.30. The lowest BCUT2D eigenvalue weighted by Gasteiger charge is -2.23. The Morgan fingerprint density at radius 2 is 2.00 bits per heavy atom. The molecule has 0 spiro atoms. The molecule has 0 radical (unpaired) electrons. The Balaban J connectivity index is 1.88. The van der Waals surface area contributed by atoms with Crippen LogP contribution in [0.1, 0.15) is 43.8 Å². The first-order valence-electron chi connectivity index (χ1n) is 9.16. The molecular weight excluding hydrogens is 410 g/mol. The molecular formula is C20H25N3O4S2. The van der Waals surface area contributed by atoms with Gasteiger partial charge in [0.05, 0.1) is 22.7 Å². The summed E-state index contributed by atoms with van der Waals surface area (Å²) in [6.07, 6.45) is 0.211. The fourth-order valence-electron chi connectivity index (χ4n) is 3.37. The number of sulfone groups is 1. The number of aromatic nitrogens is 2. The molecule has 1 amide bonds. The highest BCUT2D eigenvalue weighted by molar-refractivity contribution is 7.90. The highest BCUT2D eigenvalue weighted by atomic mass is 32.2. The Kier molecular flexibility index (Phi) is 5.84. The van der Waals surface area contributed by atoms with Gasteiger partial charge in [0.25, 0.3) is 0 Å². The average Bonchev–Trinajstić information content (AvgIpc) is 3.24. The van der Waals surface area contributed by atoms with E-state index in [0.29, 0.717) is 16.3 Å². The first-order valence-corrected chi connectivity index (χ1v) is 11.9. The number of benzene rings is 1. The Hall–Kier alpha value is -2.23. The summed E-state index contributed by atoms with van der Waals surface area (Å²) in [6, 6.07) is 8.12. The van der Waals surface area contributed by atoms with E-state index in [9.17, 15) is 18.4 Å². The first kappa shape index (κ1) is 21.5. The quantitative estimate of drug-likeness (QED) is 0.347. The molecule has 1 aromatic carbocycles. The average molecular weight is 436 g/mol. The zero-order valence-corrected chi connectivity index (χ0v) is 18.5. The Labute approximate surface area is 174 Å². The number of rotatable bonds is 7. The van der Waals surface area contributed by atoms with Gasteiger partial charge in [-0.25, -0.2) is 13.5 Å². The third-order valence-electron chi connectivity index (χ3n) is 4.63. The predicted octanol–water partition coefficient (Wildman–Crippen LogP) is 3.66. The lowest BCUT2D eigenvalue weighted by molar-refractivity contribution is -0.159. The van der Waals surface area contributed by atoms with Crippen molar-refractivity contribution in [2.24, 2.45) is 0 Å². The SMILES string of the molecule is Cc1cc(C(CS(=O)(=O)Cc2ccc3sccc3c2)N(O)C=O)nn1C(C)(C)C. The summed E-state index contributed by atoms with van der Waals surface area (Å²) in [5, 5.41) is 17.9. The van der Waals surface area contributed by atoms with Crippen LogP contribution in [0.15, 0.2) is 35.7 Å². The van der Waals surface area contributed by atoms with Crippen LogP contribution in [0.2, 0.25) is 0 Å². The summed E-state index contributed by atoms with van der Waals surface area (Å²) in [7, 11) is -3.63. The van der Waals surface area contributed by atoms with Crippen molar-refractivity contribution in [2.75, 3.05) is 5.75 Å². The molecule has 2 heterocycles. The number of hydrogen-bond acceptors (Lipinski definition) is 6. The molecule has 0 bridgehead atoms. The van der Waals surface area contributed by atoms with Crippen molar-refractivity contribution in [3.05, 3.63) is 52.7 Å². The van der Waals surface area contributed by atoms with Gasteiger partial charge in [-0.15, -0.1) is 11.3 Å². The summed E-state index contributed by atoms with van der Waals surface area (Å²) in [5.74, 6) is -0.606. The molecule has 2 aromatic heterocycles. The lowest BCUT2D eigenvalue weighted by Crippen LogP contribution is -2.31. The number of carbonyl (C=O) groups is 1. The fourth-order valence-corrected chi connectivity index (χ4v) is 5.75. The van der Waals surface area contributed by atoms with Crippen LogP contribution in [0.3, 0.4) is 0 Å². The number of nitrogens with zero attached hydrogens (tertiary/aromatic N) is 3. The normalized spacial score (nSPS) is 13.6. The smallest absolute Gasteiger partial charge is 0.233 e. The van der Waals surface area contributed by atoms with Gasteiger partial charge in [-0.2, -0.15) is 5.10 Å². The van der Waals surface area contributed by atoms with E-state index in [2.05, 4.69) is 5.10 Å².